The van der Waals surface area contributed by atoms with Crippen molar-refractivity contribution in [1.29, 1.82) is 0 Å². The first-order valence-corrected chi connectivity index (χ1v) is 9.97. The van der Waals surface area contributed by atoms with Crippen LogP contribution in [0.1, 0.15) is 35.0 Å². The van der Waals surface area contributed by atoms with E-state index >= 15 is 0 Å². The van der Waals surface area contributed by atoms with E-state index in [4.69, 9.17) is 21.4 Å². The Hall–Kier alpha value is -3.10. The number of hydrogen-bond acceptors (Lipinski definition) is 4. The van der Waals surface area contributed by atoms with Crippen molar-refractivity contribution in [2.24, 2.45) is 5.10 Å². The molecule has 1 aliphatic rings. The van der Waals surface area contributed by atoms with Gasteiger partial charge in [0, 0.05) is 24.2 Å². The van der Waals surface area contributed by atoms with Crippen LogP contribution in [0.25, 0.3) is 11.1 Å². The number of fused-ring (bicyclic) bond motifs is 1. The van der Waals surface area contributed by atoms with E-state index in [0.29, 0.717) is 40.8 Å². The number of nitrogens with two attached hydrogens (primary N) is 2. The molecule has 1 unspecified atom stereocenters. The fourth-order valence-corrected chi connectivity index (χ4v) is 3.79. The maximum Gasteiger partial charge on any atom is 0.260 e. The fraction of sp³-hybridized carbons (Fsp3) is 0.238. The lowest BCUT2D eigenvalue weighted by atomic mass is 9.97. The summed E-state index contributed by atoms with van der Waals surface area (Å²) in [6.45, 7) is 1.02. The molecule has 9 heteroatoms. The predicted octanol–water partition coefficient (Wildman–Crippen LogP) is 1.65. The first-order chi connectivity index (χ1) is 14.5. The summed E-state index contributed by atoms with van der Waals surface area (Å²) in [5.41, 5.74) is 3.63. The maximum atomic E-state index is 13.9. The van der Waals surface area contributed by atoms with Crippen LogP contribution in [0.15, 0.2) is 45.9 Å². The van der Waals surface area contributed by atoms with Crippen LogP contribution >= 0.6 is 11.6 Å². The first kappa shape index (κ1) is 20.2. The van der Waals surface area contributed by atoms with Gasteiger partial charge in [-0.1, -0.05) is 16.7 Å². The molecule has 1 fully saturated rings. The smallest absolute Gasteiger partial charge is 0.260 e. The Morgan fingerprint density at radius 3 is 3.07 bits per heavy atom. The van der Waals surface area contributed by atoms with Crippen LogP contribution in [0, 0.1) is 5.82 Å². The van der Waals surface area contributed by atoms with E-state index in [-0.39, 0.29) is 17.4 Å². The Kier molecular flexibility index (Phi) is 5.87. The molecule has 1 amide bonds. The van der Waals surface area contributed by atoms with Crippen LogP contribution in [0.5, 0.6) is 0 Å². The number of carbonyl (C=O) groups is 1. The molecule has 0 aliphatic carbocycles. The molecule has 1 aromatic heterocycles. The van der Waals surface area contributed by atoms with Gasteiger partial charge in [0.05, 0.1) is 5.92 Å². The van der Waals surface area contributed by atoms with Crippen LogP contribution in [0.4, 0.5) is 10.1 Å². The topological polar surface area (TPSA) is 101 Å². The van der Waals surface area contributed by atoms with E-state index in [9.17, 15) is 9.18 Å². The van der Waals surface area contributed by atoms with Crippen molar-refractivity contribution in [1.82, 2.24) is 9.88 Å². The number of nitrogens with zero attached hydrogens (tertiary/aromatic N) is 3. The number of quaternary nitrogens is 1. The second kappa shape index (κ2) is 8.73. The number of likely N-dealkylation sites (tertiary alicyclic amines) is 1. The molecule has 4 N–H and O–H groups in total. The standard InChI is InChI=1S/C21H19ClFN5O2/c22-14-3-6-19-18(10-14)26-20(30-19)13-2-1-9-28(12-13)21(29)16-11-15(23)4-5-17(16)27-25-8-7-24/h3-8,10-11,13,24,27H,1-2,9,12H2/p+2/b24-7?,25-8-. The van der Waals surface area contributed by atoms with Crippen LogP contribution < -0.4 is 10.8 Å². The number of aromatic nitrogens is 1. The minimum Gasteiger partial charge on any atom is -0.440 e. The Morgan fingerprint density at radius 1 is 1.37 bits per heavy atom. The van der Waals surface area contributed by atoms with Gasteiger partial charge in [0.25, 0.3) is 5.91 Å². The summed E-state index contributed by atoms with van der Waals surface area (Å²) in [5.74, 6) is -0.190. The quantitative estimate of drug-likeness (QED) is 0.279. The molecule has 2 heterocycles. The fourth-order valence-electron chi connectivity index (χ4n) is 3.63. The first-order valence-electron chi connectivity index (χ1n) is 9.60. The Labute approximate surface area is 177 Å². The monoisotopic (exact) mass is 429 g/mol. The van der Waals surface area contributed by atoms with Crippen LogP contribution in [0.3, 0.4) is 0 Å². The van der Waals surface area contributed by atoms with E-state index in [0.717, 1.165) is 12.8 Å². The average Bonchev–Trinajstić information content (AvgIpc) is 3.18. The molecule has 1 aliphatic heterocycles. The molecule has 1 atom stereocenters. The molecule has 2 aromatic carbocycles. The second-order valence-corrected chi connectivity index (χ2v) is 7.54. The van der Waals surface area contributed by atoms with Crippen molar-refractivity contribution < 1.29 is 24.4 Å². The highest BCUT2D eigenvalue weighted by atomic mass is 35.5. The lowest BCUT2D eigenvalue weighted by molar-refractivity contribution is -0.577. The summed E-state index contributed by atoms with van der Waals surface area (Å²) < 4.78 is 19.8. The van der Waals surface area contributed by atoms with E-state index in [1.165, 1.54) is 36.1 Å². The number of rotatable bonds is 5. The maximum absolute atomic E-state index is 13.9. The van der Waals surface area contributed by atoms with Crippen LogP contribution in [0.2, 0.25) is 5.02 Å². The number of amides is 1. The Bertz CT molecular complexity index is 1130. The minimum atomic E-state index is -0.478. The zero-order chi connectivity index (χ0) is 21.1. The second-order valence-electron chi connectivity index (χ2n) is 7.11. The molecular formula is C21H21ClFN5O2+2. The van der Waals surface area contributed by atoms with Gasteiger partial charge >= 0.3 is 0 Å². The SMILES string of the molecule is [NH2+]=C/C=N\[NH2+]c1ccc(F)cc1C(=O)N1CCCC(c2nc3cc(Cl)ccc3o2)C1. The number of benzene rings is 2. The third-order valence-corrected chi connectivity index (χ3v) is 5.29. The molecule has 30 heavy (non-hydrogen) atoms. The highest BCUT2D eigenvalue weighted by Gasteiger charge is 2.30. The van der Waals surface area contributed by atoms with Gasteiger partial charge in [-0.25, -0.2) is 9.37 Å². The van der Waals surface area contributed by atoms with E-state index in [1.54, 1.807) is 23.1 Å². The van der Waals surface area contributed by atoms with Crippen molar-refractivity contribution in [2.75, 3.05) is 13.1 Å². The zero-order valence-corrected chi connectivity index (χ0v) is 16.8. The van der Waals surface area contributed by atoms with Gasteiger partial charge in [-0.2, -0.15) is 5.43 Å². The van der Waals surface area contributed by atoms with Gasteiger partial charge in [0.1, 0.15) is 23.1 Å². The van der Waals surface area contributed by atoms with Gasteiger partial charge in [-0.05, 0) is 43.2 Å². The minimum absolute atomic E-state index is 0.0419. The zero-order valence-electron chi connectivity index (χ0n) is 16.1. The van der Waals surface area contributed by atoms with Gasteiger partial charge < -0.3 is 9.32 Å². The molecule has 0 saturated carbocycles. The molecule has 0 bridgehead atoms. The summed E-state index contributed by atoms with van der Waals surface area (Å²) in [5, 5.41) is 9.89. The largest absolute Gasteiger partial charge is 0.440 e. The Balaban J connectivity index is 1.57. The van der Waals surface area contributed by atoms with Gasteiger partial charge in [0.2, 0.25) is 0 Å². The lowest BCUT2D eigenvalue weighted by Gasteiger charge is -2.31. The number of halogens is 2. The van der Waals surface area contributed by atoms with Crippen LogP contribution in [-0.4, -0.2) is 41.3 Å². The molecule has 7 nitrogen and oxygen atoms in total. The summed E-state index contributed by atoms with van der Waals surface area (Å²) in [7, 11) is 0. The molecule has 4 rings (SSSR count). The van der Waals surface area contributed by atoms with Gasteiger partial charge in [-0.15, -0.1) is 0 Å². The van der Waals surface area contributed by atoms with Crippen molar-refractivity contribution >= 4 is 46.7 Å². The molecule has 154 valence electrons. The number of carbonyl (C=O) groups excluding carboxylic acids is 1. The van der Waals surface area contributed by atoms with Crippen molar-refractivity contribution in [3.63, 3.8) is 0 Å². The molecule has 0 spiro atoms. The van der Waals surface area contributed by atoms with Gasteiger partial charge in [-0.3, -0.25) is 10.2 Å². The number of hydrogen-bond donors (Lipinski definition) is 2. The van der Waals surface area contributed by atoms with Gasteiger partial charge in [0.15, 0.2) is 23.4 Å². The third-order valence-electron chi connectivity index (χ3n) is 5.06. The molecular weight excluding hydrogens is 409 g/mol. The van der Waals surface area contributed by atoms with E-state index in [2.05, 4.69) is 10.1 Å². The Morgan fingerprint density at radius 2 is 2.23 bits per heavy atom. The van der Waals surface area contributed by atoms with Crippen molar-refractivity contribution in [2.45, 2.75) is 18.8 Å². The molecule has 3 aromatic rings. The average molecular weight is 430 g/mol. The summed E-state index contributed by atoms with van der Waals surface area (Å²) in [6.07, 6.45) is 4.33. The summed E-state index contributed by atoms with van der Waals surface area (Å²) >= 11 is 6.03. The normalized spacial score (nSPS) is 17.0. The van der Waals surface area contributed by atoms with E-state index < -0.39 is 5.82 Å². The number of oxazole rings is 1. The third kappa shape index (κ3) is 4.24. The van der Waals surface area contributed by atoms with E-state index in [1.807, 2.05) is 0 Å². The molecule has 0 radical (unpaired) electrons. The predicted molar refractivity (Wildman–Crippen MR) is 111 cm³/mol. The highest BCUT2D eigenvalue weighted by molar-refractivity contribution is 6.31. The molecule has 1 saturated heterocycles. The van der Waals surface area contributed by atoms with Crippen molar-refractivity contribution in [3.8, 4) is 0 Å². The number of piperidine rings is 1. The van der Waals surface area contributed by atoms with Crippen LogP contribution in [-0.2, 0) is 0 Å². The summed E-state index contributed by atoms with van der Waals surface area (Å²) in [4.78, 5) is 19.5. The van der Waals surface area contributed by atoms with Crippen molar-refractivity contribution in [3.05, 3.63) is 58.7 Å². The highest BCUT2D eigenvalue weighted by Crippen LogP contribution is 2.31. The lowest BCUT2D eigenvalue weighted by Crippen LogP contribution is -2.72. The summed E-state index contributed by atoms with van der Waals surface area (Å²) in [6, 6.07) is 9.36.